The summed E-state index contributed by atoms with van der Waals surface area (Å²) in [6.07, 6.45) is 0. The molecular weight excluding hydrogens is 438 g/mol. The summed E-state index contributed by atoms with van der Waals surface area (Å²) < 4.78 is 2.09. The highest BCUT2D eigenvalue weighted by Crippen LogP contribution is 2.30. The van der Waals surface area contributed by atoms with Gasteiger partial charge in [-0.15, -0.1) is 0 Å². The summed E-state index contributed by atoms with van der Waals surface area (Å²) in [5.41, 5.74) is 3.72. The van der Waals surface area contributed by atoms with E-state index in [4.69, 9.17) is 23.8 Å². The molecule has 6 nitrogen and oxygen atoms in total. The zero-order chi connectivity index (χ0) is 21.1. The third-order valence-corrected chi connectivity index (χ3v) is 6.51. The van der Waals surface area contributed by atoms with E-state index in [2.05, 4.69) is 20.4 Å². The third kappa shape index (κ3) is 4.71. The largest absolute Gasteiger partial charge is 0.369 e. The number of halogens is 1. The topological polar surface area (TPSA) is 66.0 Å². The molecule has 2 heterocycles. The second-order valence-corrected chi connectivity index (χ2v) is 9.14. The predicted octanol–water partition coefficient (Wildman–Crippen LogP) is 4.76. The summed E-state index contributed by atoms with van der Waals surface area (Å²) in [7, 11) is 0. The van der Waals surface area contributed by atoms with Gasteiger partial charge in [0.1, 0.15) is 6.54 Å². The van der Waals surface area contributed by atoms with E-state index in [0.29, 0.717) is 21.3 Å². The summed E-state index contributed by atoms with van der Waals surface area (Å²) in [5.74, 6) is 2.64. The number of anilines is 2. The second kappa shape index (κ2) is 9.24. The van der Waals surface area contributed by atoms with Crippen molar-refractivity contribution in [1.82, 2.24) is 14.8 Å². The fourth-order valence-electron chi connectivity index (χ4n) is 3.38. The van der Waals surface area contributed by atoms with Gasteiger partial charge < -0.3 is 10.2 Å². The Morgan fingerprint density at radius 3 is 2.67 bits per heavy atom. The Kier molecular flexibility index (Phi) is 6.46. The highest BCUT2D eigenvalue weighted by Gasteiger charge is 2.16. The molecule has 0 bridgehead atoms. The molecule has 156 valence electrons. The lowest BCUT2D eigenvalue weighted by atomic mass is 10.1. The van der Waals surface area contributed by atoms with Crippen molar-refractivity contribution < 1.29 is 4.79 Å². The van der Waals surface area contributed by atoms with Gasteiger partial charge in [0.15, 0.2) is 10.6 Å². The van der Waals surface area contributed by atoms with Crippen LogP contribution < -0.4 is 10.2 Å². The third-order valence-electron chi connectivity index (χ3n) is 4.95. The molecular formula is C21H22ClN5OS2. The number of thioether (sulfide) groups is 1. The van der Waals surface area contributed by atoms with Crippen LogP contribution >= 0.6 is 35.6 Å². The Labute approximate surface area is 189 Å². The number of amides is 1. The summed E-state index contributed by atoms with van der Waals surface area (Å²) in [6, 6.07) is 13.6. The summed E-state index contributed by atoms with van der Waals surface area (Å²) >= 11 is 13.8. The fraction of sp³-hybridized carbons (Fsp3) is 0.286. The number of aromatic nitrogens is 3. The van der Waals surface area contributed by atoms with Crippen molar-refractivity contribution in [2.75, 3.05) is 34.8 Å². The lowest BCUT2D eigenvalue weighted by molar-refractivity contribution is -0.116. The van der Waals surface area contributed by atoms with Crippen LogP contribution in [0, 0.1) is 11.7 Å². The monoisotopic (exact) mass is 459 g/mol. The molecule has 0 saturated carbocycles. The van der Waals surface area contributed by atoms with Gasteiger partial charge >= 0.3 is 0 Å². The Balaban J connectivity index is 1.48. The molecule has 0 unspecified atom stereocenters. The number of carbonyl (C=O) groups excluding carboxylic acids is 1. The van der Waals surface area contributed by atoms with Crippen molar-refractivity contribution in [2.24, 2.45) is 0 Å². The highest BCUT2D eigenvalue weighted by atomic mass is 35.5. The number of rotatable bonds is 5. The SMILES string of the molecule is Cc1ccc(-c2n[nH]c(=S)n2CC(=O)Nc2ccc(N3CCSCC3)c(Cl)c2)cc1. The van der Waals surface area contributed by atoms with Crippen LogP contribution in [-0.2, 0) is 11.3 Å². The van der Waals surface area contributed by atoms with Gasteiger partial charge in [0, 0.05) is 35.8 Å². The smallest absolute Gasteiger partial charge is 0.244 e. The molecule has 0 atom stereocenters. The molecule has 1 amide bonds. The lowest BCUT2D eigenvalue weighted by Gasteiger charge is -2.29. The minimum absolute atomic E-state index is 0.0568. The van der Waals surface area contributed by atoms with Crippen molar-refractivity contribution in [2.45, 2.75) is 13.5 Å². The van der Waals surface area contributed by atoms with E-state index in [1.165, 1.54) is 0 Å². The average molecular weight is 460 g/mol. The molecule has 1 aliphatic rings. The van der Waals surface area contributed by atoms with Gasteiger partial charge in [-0.3, -0.25) is 14.5 Å². The first-order valence-electron chi connectivity index (χ1n) is 9.65. The molecule has 0 radical (unpaired) electrons. The number of carbonyl (C=O) groups is 1. The molecule has 4 rings (SSSR count). The van der Waals surface area contributed by atoms with Gasteiger partial charge in [0.2, 0.25) is 5.91 Å². The molecule has 2 N–H and O–H groups in total. The second-order valence-electron chi connectivity index (χ2n) is 7.12. The van der Waals surface area contributed by atoms with Crippen molar-refractivity contribution in [3.63, 3.8) is 0 Å². The molecule has 9 heteroatoms. The first-order chi connectivity index (χ1) is 14.5. The zero-order valence-corrected chi connectivity index (χ0v) is 18.9. The molecule has 1 aliphatic heterocycles. The van der Waals surface area contributed by atoms with Crippen molar-refractivity contribution >= 4 is 52.9 Å². The summed E-state index contributed by atoms with van der Waals surface area (Å²) in [5, 5.41) is 10.6. The fourth-order valence-corrected chi connectivity index (χ4v) is 4.78. The van der Waals surface area contributed by atoms with Crippen LogP contribution in [0.2, 0.25) is 5.02 Å². The van der Waals surface area contributed by atoms with Gasteiger partial charge in [0.25, 0.3) is 0 Å². The van der Waals surface area contributed by atoms with Gasteiger partial charge in [-0.1, -0.05) is 41.4 Å². The average Bonchev–Trinajstić information content (AvgIpc) is 3.09. The van der Waals surface area contributed by atoms with E-state index in [0.717, 1.165) is 41.4 Å². The quantitative estimate of drug-likeness (QED) is 0.538. The Hall–Kier alpha value is -2.29. The Bertz CT molecular complexity index is 1100. The van der Waals surface area contributed by atoms with Crippen LogP contribution in [0.25, 0.3) is 11.4 Å². The normalized spacial score (nSPS) is 14.0. The van der Waals surface area contributed by atoms with Crippen LogP contribution in [0.3, 0.4) is 0 Å². The first kappa shape index (κ1) is 21.0. The van der Waals surface area contributed by atoms with Gasteiger partial charge in [-0.2, -0.15) is 16.9 Å². The summed E-state index contributed by atoms with van der Waals surface area (Å²) in [4.78, 5) is 15.0. The molecule has 30 heavy (non-hydrogen) atoms. The van der Waals surface area contributed by atoms with E-state index >= 15 is 0 Å². The Morgan fingerprint density at radius 1 is 1.23 bits per heavy atom. The van der Waals surface area contributed by atoms with Crippen LogP contribution in [0.5, 0.6) is 0 Å². The number of hydrogen-bond donors (Lipinski definition) is 2. The number of benzene rings is 2. The molecule has 0 aliphatic carbocycles. The maximum Gasteiger partial charge on any atom is 0.244 e. The number of nitrogens with one attached hydrogen (secondary N) is 2. The molecule has 1 aromatic heterocycles. The minimum Gasteiger partial charge on any atom is -0.369 e. The Morgan fingerprint density at radius 2 is 1.97 bits per heavy atom. The zero-order valence-electron chi connectivity index (χ0n) is 16.5. The maximum absolute atomic E-state index is 12.7. The molecule has 0 spiro atoms. The maximum atomic E-state index is 12.7. The number of nitrogens with zero attached hydrogens (tertiary/aromatic N) is 3. The van der Waals surface area contributed by atoms with Crippen LogP contribution in [0.4, 0.5) is 11.4 Å². The predicted molar refractivity (Wildman–Crippen MR) is 127 cm³/mol. The molecule has 3 aromatic rings. The van der Waals surface area contributed by atoms with Gasteiger partial charge in [-0.05, 0) is 37.3 Å². The van der Waals surface area contributed by atoms with Crippen molar-refractivity contribution in [1.29, 1.82) is 0 Å². The van der Waals surface area contributed by atoms with Gasteiger partial charge in [0.05, 0.1) is 10.7 Å². The van der Waals surface area contributed by atoms with Crippen molar-refractivity contribution in [3.8, 4) is 11.4 Å². The molecule has 1 saturated heterocycles. The lowest BCUT2D eigenvalue weighted by Crippen LogP contribution is -2.32. The number of aromatic amines is 1. The van der Waals surface area contributed by atoms with E-state index in [9.17, 15) is 4.79 Å². The number of hydrogen-bond acceptors (Lipinski definition) is 5. The van der Waals surface area contributed by atoms with Crippen molar-refractivity contribution in [3.05, 3.63) is 57.8 Å². The first-order valence-corrected chi connectivity index (χ1v) is 11.6. The molecule has 2 aromatic carbocycles. The summed E-state index contributed by atoms with van der Waals surface area (Å²) in [6.45, 7) is 4.05. The van der Waals surface area contributed by atoms with Crippen LogP contribution in [0.1, 0.15) is 5.56 Å². The minimum atomic E-state index is -0.195. The van der Waals surface area contributed by atoms with Crippen LogP contribution in [0.15, 0.2) is 42.5 Å². The van der Waals surface area contributed by atoms with Gasteiger partial charge in [-0.25, -0.2) is 0 Å². The number of aryl methyl sites for hydroxylation is 1. The van der Waals surface area contributed by atoms with E-state index in [-0.39, 0.29) is 12.5 Å². The standard InChI is InChI=1S/C21H22ClN5OS2/c1-14-2-4-15(5-3-14)20-24-25-21(29)27(20)13-19(28)23-16-6-7-18(17(22)12-16)26-8-10-30-11-9-26/h2-7,12H,8-11,13H2,1H3,(H,23,28)(H,25,29). The van der Waals surface area contributed by atoms with Crippen LogP contribution in [-0.4, -0.2) is 45.3 Å². The molecule has 1 fully saturated rings. The highest BCUT2D eigenvalue weighted by molar-refractivity contribution is 7.99. The van der Waals surface area contributed by atoms with E-state index < -0.39 is 0 Å². The van der Waals surface area contributed by atoms with E-state index in [1.54, 1.807) is 10.6 Å². The number of H-pyrrole nitrogens is 1. The van der Waals surface area contributed by atoms with E-state index in [1.807, 2.05) is 55.1 Å².